The van der Waals surface area contributed by atoms with Gasteiger partial charge in [0.25, 0.3) is 0 Å². The first-order valence-corrected chi connectivity index (χ1v) is 5.74. The van der Waals surface area contributed by atoms with Gasteiger partial charge in [0.1, 0.15) is 0 Å². The molecule has 1 rings (SSSR count). The summed E-state index contributed by atoms with van der Waals surface area (Å²) in [5, 5.41) is 18.1. The van der Waals surface area contributed by atoms with Gasteiger partial charge in [-0.15, -0.1) is 0 Å². The molecule has 0 aliphatic rings. The molecule has 0 fully saturated rings. The van der Waals surface area contributed by atoms with Gasteiger partial charge >= 0.3 is 66.7 Å². The molecule has 0 aliphatic heterocycles. The van der Waals surface area contributed by atoms with Crippen LogP contribution in [0.2, 0.25) is 0 Å². The second-order valence-electron chi connectivity index (χ2n) is 2.96. The Morgan fingerprint density at radius 2 is 1.62 bits per heavy atom. The van der Waals surface area contributed by atoms with Crippen LogP contribution in [0.1, 0.15) is 5.56 Å². The zero-order valence-corrected chi connectivity index (χ0v) is 8.19. The Balaban J connectivity index is 0. The fourth-order valence-corrected chi connectivity index (χ4v) is 1.55. The number of rotatable bonds is 3. The summed E-state index contributed by atoms with van der Waals surface area (Å²) in [5.74, 6) is -0.529. The second-order valence-corrected chi connectivity index (χ2v) is 4.74. The van der Waals surface area contributed by atoms with E-state index in [1.807, 2.05) is 0 Å². The second kappa shape index (κ2) is 8.14. The molecule has 0 amide bonds. The first kappa shape index (κ1) is 19.3. The Labute approximate surface area is 138 Å². The molecule has 0 aliphatic carbocycles. The van der Waals surface area contributed by atoms with E-state index < -0.39 is 7.60 Å². The number of hydrogen-bond donors (Lipinski definition) is 4. The normalized spacial score (nSPS) is 10.1. The van der Waals surface area contributed by atoms with Crippen molar-refractivity contribution in [2.75, 3.05) is 6.16 Å². The van der Waals surface area contributed by atoms with Crippen LogP contribution < -0.4 is 0 Å². The molecule has 0 saturated carbocycles. The molecule has 0 saturated heterocycles. The van der Waals surface area contributed by atoms with Crippen molar-refractivity contribution in [1.29, 1.82) is 0 Å². The van der Waals surface area contributed by atoms with Crippen LogP contribution in [-0.4, -0.2) is 85.3 Å². The molecular weight excluding hydrogens is 253 g/mol. The average molecular weight is 266 g/mol. The predicted octanol–water partition coefficient (Wildman–Crippen LogP) is -0.479. The van der Waals surface area contributed by atoms with E-state index in [2.05, 4.69) is 0 Å². The summed E-state index contributed by atoms with van der Waals surface area (Å²) in [6, 6.07) is 4.07. The van der Waals surface area contributed by atoms with Gasteiger partial charge in [-0.1, -0.05) is 6.07 Å². The Kier molecular flexibility index (Phi) is 9.82. The number of phenols is 2. The zero-order valence-electron chi connectivity index (χ0n) is 7.29. The van der Waals surface area contributed by atoms with Gasteiger partial charge in [-0.05, 0) is 24.1 Å². The van der Waals surface area contributed by atoms with E-state index in [1.165, 1.54) is 18.2 Å². The molecule has 0 radical (unpaired) electrons. The minimum absolute atomic E-state index is 0. The molecule has 0 spiro atoms. The summed E-state index contributed by atoms with van der Waals surface area (Å²) in [7, 11) is -4.00. The van der Waals surface area contributed by atoms with Gasteiger partial charge in [0.15, 0.2) is 11.5 Å². The van der Waals surface area contributed by atoms with Gasteiger partial charge in [0.05, 0.1) is 6.16 Å². The predicted molar refractivity (Wildman–Crippen MR) is 64.7 cm³/mol. The van der Waals surface area contributed by atoms with Crippen LogP contribution in [0.25, 0.3) is 0 Å². The van der Waals surface area contributed by atoms with Crippen LogP contribution >= 0.6 is 7.60 Å². The molecule has 1 aromatic rings. The minimum atomic E-state index is -4.00. The number of aromatic hydroxyl groups is 2. The summed E-state index contributed by atoms with van der Waals surface area (Å²) in [5.41, 5.74) is 0.573. The molecule has 4 N–H and O–H groups in total. The van der Waals surface area contributed by atoms with Crippen molar-refractivity contribution in [3.05, 3.63) is 23.8 Å². The van der Waals surface area contributed by atoms with E-state index >= 15 is 0 Å². The monoisotopic (exact) mass is 266 g/mol. The fourth-order valence-electron chi connectivity index (χ4n) is 0.999. The van der Waals surface area contributed by atoms with Gasteiger partial charge in [-0.3, -0.25) is 4.57 Å². The van der Waals surface area contributed by atoms with Crippen LogP contribution in [0.5, 0.6) is 11.5 Å². The third-order valence-electron chi connectivity index (χ3n) is 1.73. The van der Waals surface area contributed by atoms with Gasteiger partial charge in [0, 0.05) is 0 Å². The SMILES string of the molecule is O=P(O)(O)CCc1ccc(O)c(O)c1.[NaH].[NaH]. The standard InChI is InChI=1S/C8H11O5P.2Na.2H/c9-7-2-1-6(5-8(7)10)3-4-14(11,12)13;;;;/h1-2,5,9-10H,3-4H2,(H2,11,12,13);;;;. The van der Waals surface area contributed by atoms with Crippen LogP contribution in [0.4, 0.5) is 0 Å². The van der Waals surface area contributed by atoms with E-state index in [4.69, 9.17) is 20.0 Å². The molecule has 1 aromatic carbocycles. The molecule has 8 heteroatoms. The third kappa shape index (κ3) is 7.33. The molecule has 0 heterocycles. The van der Waals surface area contributed by atoms with Crippen molar-refractivity contribution in [3.63, 3.8) is 0 Å². The summed E-state index contributed by atoms with van der Waals surface area (Å²) in [4.78, 5) is 17.2. The Morgan fingerprint density at radius 1 is 1.06 bits per heavy atom. The van der Waals surface area contributed by atoms with Gasteiger partial charge in [-0.25, -0.2) is 0 Å². The van der Waals surface area contributed by atoms with Crippen molar-refractivity contribution < 1.29 is 24.6 Å². The molecule has 0 atom stereocenters. The fraction of sp³-hybridized carbons (Fsp3) is 0.250. The first-order valence-electron chi connectivity index (χ1n) is 3.94. The molecule has 0 bridgehead atoms. The van der Waals surface area contributed by atoms with E-state index in [9.17, 15) is 4.57 Å². The van der Waals surface area contributed by atoms with Crippen molar-refractivity contribution in [1.82, 2.24) is 0 Å². The summed E-state index contributed by atoms with van der Waals surface area (Å²) in [6.07, 6.45) is -0.102. The van der Waals surface area contributed by atoms with Crippen molar-refractivity contribution in [3.8, 4) is 11.5 Å². The Hall–Kier alpha value is 0.970. The van der Waals surface area contributed by atoms with Gasteiger partial charge < -0.3 is 20.0 Å². The van der Waals surface area contributed by atoms with Crippen molar-refractivity contribution in [2.45, 2.75) is 6.42 Å². The number of phenolic OH excluding ortho intramolecular Hbond substituents is 2. The molecule has 0 unspecified atom stereocenters. The number of benzene rings is 1. The van der Waals surface area contributed by atoms with Crippen LogP contribution in [0.3, 0.4) is 0 Å². The van der Waals surface area contributed by atoms with Crippen LogP contribution in [-0.2, 0) is 11.0 Å². The van der Waals surface area contributed by atoms with Crippen LogP contribution in [0, 0.1) is 0 Å². The Morgan fingerprint density at radius 3 is 2.06 bits per heavy atom. The topological polar surface area (TPSA) is 98.0 Å². The summed E-state index contributed by atoms with van der Waals surface area (Å²) in [6.45, 7) is 0. The van der Waals surface area contributed by atoms with Gasteiger partial charge in [-0.2, -0.15) is 0 Å². The molecule has 82 valence electrons. The quantitative estimate of drug-likeness (QED) is 0.336. The van der Waals surface area contributed by atoms with Gasteiger partial charge in [0.2, 0.25) is 0 Å². The third-order valence-corrected chi connectivity index (χ3v) is 2.54. The molecular formula is C8H13Na2O5P. The van der Waals surface area contributed by atoms with Crippen molar-refractivity contribution in [2.24, 2.45) is 0 Å². The summed E-state index contributed by atoms with van der Waals surface area (Å²) >= 11 is 0. The number of aryl methyl sites for hydroxylation is 1. The number of hydrogen-bond acceptors (Lipinski definition) is 3. The average Bonchev–Trinajstić information content (AvgIpc) is 2.06. The first-order chi connectivity index (χ1) is 6.38. The molecule has 16 heavy (non-hydrogen) atoms. The maximum atomic E-state index is 10.5. The molecule has 0 aromatic heterocycles. The van der Waals surface area contributed by atoms with E-state index in [0.717, 1.165) is 0 Å². The van der Waals surface area contributed by atoms with Crippen molar-refractivity contribution >= 4 is 66.7 Å². The molecule has 5 nitrogen and oxygen atoms in total. The van der Waals surface area contributed by atoms with E-state index in [0.29, 0.717) is 5.56 Å². The Bertz CT molecular complexity index is 379. The summed E-state index contributed by atoms with van der Waals surface area (Å²) < 4.78 is 10.5. The van der Waals surface area contributed by atoms with E-state index in [-0.39, 0.29) is 83.2 Å². The van der Waals surface area contributed by atoms with Crippen LogP contribution in [0.15, 0.2) is 18.2 Å². The van der Waals surface area contributed by atoms with E-state index in [1.54, 1.807) is 0 Å². The zero-order chi connectivity index (χ0) is 10.8. The maximum absolute atomic E-state index is 10.5.